The van der Waals surface area contributed by atoms with Gasteiger partial charge in [0.05, 0.1) is 12.7 Å². The van der Waals surface area contributed by atoms with Crippen molar-refractivity contribution >= 4 is 0 Å². The molecule has 0 saturated carbocycles. The van der Waals surface area contributed by atoms with Gasteiger partial charge in [-0.1, -0.05) is 0 Å². The van der Waals surface area contributed by atoms with E-state index >= 15 is 0 Å². The number of halogens is 3. The molecule has 0 radical (unpaired) electrons. The standard InChI is InChI=1S/C14H13F3N2O3/c1-10-8-13(20)19(18-9-10)6-7-21-11-2-4-12(5-3-11)22-14(15,16)17/h2-5,8-9H,6-7H2,1H3. The topological polar surface area (TPSA) is 53.4 Å². The fourth-order valence-electron chi connectivity index (χ4n) is 1.68. The average Bonchev–Trinajstić information content (AvgIpc) is 2.41. The van der Waals surface area contributed by atoms with E-state index in [0.29, 0.717) is 5.75 Å². The number of nitrogens with zero attached hydrogens (tertiary/aromatic N) is 2. The first-order valence-corrected chi connectivity index (χ1v) is 6.36. The van der Waals surface area contributed by atoms with Crippen molar-refractivity contribution in [2.45, 2.75) is 19.8 Å². The monoisotopic (exact) mass is 314 g/mol. The zero-order valence-corrected chi connectivity index (χ0v) is 11.6. The lowest BCUT2D eigenvalue weighted by atomic mass is 10.3. The molecule has 0 spiro atoms. The van der Waals surface area contributed by atoms with Crippen LogP contribution < -0.4 is 15.0 Å². The maximum Gasteiger partial charge on any atom is 0.573 e. The summed E-state index contributed by atoms with van der Waals surface area (Å²) in [6.45, 7) is 2.16. The van der Waals surface area contributed by atoms with Crippen molar-refractivity contribution in [3.63, 3.8) is 0 Å². The van der Waals surface area contributed by atoms with Crippen LogP contribution in [0, 0.1) is 6.92 Å². The minimum atomic E-state index is -4.72. The third-order valence-corrected chi connectivity index (χ3v) is 2.64. The summed E-state index contributed by atoms with van der Waals surface area (Å²) in [7, 11) is 0. The Kier molecular flexibility index (Phi) is 4.69. The predicted molar refractivity (Wildman–Crippen MR) is 71.9 cm³/mol. The molecule has 0 unspecified atom stereocenters. The summed E-state index contributed by atoms with van der Waals surface area (Å²) in [4.78, 5) is 11.6. The second-order valence-electron chi connectivity index (χ2n) is 4.46. The normalized spacial score (nSPS) is 11.3. The van der Waals surface area contributed by atoms with Gasteiger partial charge in [0.1, 0.15) is 18.1 Å². The van der Waals surface area contributed by atoms with Crippen molar-refractivity contribution in [3.05, 3.63) is 52.4 Å². The molecule has 0 saturated heterocycles. The van der Waals surface area contributed by atoms with Crippen molar-refractivity contribution in [2.24, 2.45) is 0 Å². The van der Waals surface area contributed by atoms with E-state index in [9.17, 15) is 18.0 Å². The Balaban J connectivity index is 1.88. The number of alkyl halides is 3. The smallest absolute Gasteiger partial charge is 0.492 e. The van der Waals surface area contributed by atoms with Crippen molar-refractivity contribution < 1.29 is 22.6 Å². The molecule has 0 N–H and O–H groups in total. The molecule has 5 nitrogen and oxygen atoms in total. The van der Waals surface area contributed by atoms with Crippen molar-refractivity contribution in [2.75, 3.05) is 6.61 Å². The summed E-state index contributed by atoms with van der Waals surface area (Å²) in [5.74, 6) is 0.0472. The molecule has 0 atom stereocenters. The Morgan fingerprint density at radius 3 is 2.41 bits per heavy atom. The molecule has 118 valence electrons. The SMILES string of the molecule is Cc1cnn(CCOc2ccc(OC(F)(F)F)cc2)c(=O)c1. The Hall–Kier alpha value is -2.51. The van der Waals surface area contributed by atoms with E-state index in [1.807, 2.05) is 0 Å². The zero-order valence-electron chi connectivity index (χ0n) is 11.6. The van der Waals surface area contributed by atoms with E-state index in [-0.39, 0.29) is 24.5 Å². The molecule has 1 aromatic carbocycles. The minimum absolute atomic E-state index is 0.162. The second kappa shape index (κ2) is 6.50. The number of aryl methyl sites for hydroxylation is 1. The van der Waals surface area contributed by atoms with Crippen LogP contribution in [0.4, 0.5) is 13.2 Å². The van der Waals surface area contributed by atoms with Gasteiger partial charge in [-0.05, 0) is 36.8 Å². The highest BCUT2D eigenvalue weighted by molar-refractivity contribution is 5.31. The highest BCUT2D eigenvalue weighted by atomic mass is 19.4. The molecule has 0 aliphatic heterocycles. The molecule has 0 amide bonds. The summed E-state index contributed by atoms with van der Waals surface area (Å²) in [6, 6.07) is 6.47. The summed E-state index contributed by atoms with van der Waals surface area (Å²) in [5, 5.41) is 3.94. The number of rotatable bonds is 5. The van der Waals surface area contributed by atoms with Crippen LogP contribution in [0.5, 0.6) is 11.5 Å². The highest BCUT2D eigenvalue weighted by Gasteiger charge is 2.30. The van der Waals surface area contributed by atoms with Crippen LogP contribution in [0.3, 0.4) is 0 Å². The summed E-state index contributed by atoms with van der Waals surface area (Å²) in [5.41, 5.74) is 0.528. The Morgan fingerprint density at radius 1 is 1.18 bits per heavy atom. The Labute approximate surface area is 123 Å². The van der Waals surface area contributed by atoms with Crippen LogP contribution in [0.15, 0.2) is 41.3 Å². The van der Waals surface area contributed by atoms with E-state index in [0.717, 1.165) is 17.7 Å². The van der Waals surface area contributed by atoms with Gasteiger partial charge < -0.3 is 9.47 Å². The number of hydrogen-bond donors (Lipinski definition) is 0. The molecule has 0 bridgehead atoms. The summed E-state index contributed by atoms with van der Waals surface area (Å²) in [6.07, 6.45) is -3.16. The van der Waals surface area contributed by atoms with Gasteiger partial charge in [-0.15, -0.1) is 13.2 Å². The zero-order chi connectivity index (χ0) is 16.2. The molecule has 1 heterocycles. The predicted octanol–water partition coefficient (Wildman–Crippen LogP) is 2.53. The highest BCUT2D eigenvalue weighted by Crippen LogP contribution is 2.24. The van der Waals surface area contributed by atoms with E-state index in [1.54, 1.807) is 13.1 Å². The molecular weight excluding hydrogens is 301 g/mol. The molecular formula is C14H13F3N2O3. The second-order valence-corrected chi connectivity index (χ2v) is 4.46. The number of hydrogen-bond acceptors (Lipinski definition) is 4. The van der Waals surface area contributed by atoms with Gasteiger partial charge in [-0.2, -0.15) is 5.10 Å². The maximum absolute atomic E-state index is 12.0. The van der Waals surface area contributed by atoms with Gasteiger partial charge in [0.15, 0.2) is 0 Å². The van der Waals surface area contributed by atoms with Gasteiger partial charge in [0.2, 0.25) is 0 Å². The largest absolute Gasteiger partial charge is 0.573 e. The lowest BCUT2D eigenvalue weighted by molar-refractivity contribution is -0.274. The number of benzene rings is 1. The van der Waals surface area contributed by atoms with Gasteiger partial charge >= 0.3 is 6.36 Å². The first-order chi connectivity index (χ1) is 10.3. The van der Waals surface area contributed by atoms with Gasteiger partial charge in [0, 0.05) is 6.07 Å². The number of ether oxygens (including phenoxy) is 2. The first kappa shape index (κ1) is 15.9. The molecule has 22 heavy (non-hydrogen) atoms. The molecule has 1 aromatic heterocycles. The van der Waals surface area contributed by atoms with Crippen LogP contribution in [0.1, 0.15) is 5.56 Å². The average molecular weight is 314 g/mol. The maximum atomic E-state index is 12.0. The molecule has 0 fully saturated rings. The summed E-state index contributed by atoms with van der Waals surface area (Å²) >= 11 is 0. The van der Waals surface area contributed by atoms with E-state index in [1.165, 1.54) is 22.9 Å². The molecule has 0 aliphatic carbocycles. The van der Waals surface area contributed by atoms with Crippen LogP contribution in [0.25, 0.3) is 0 Å². The Bertz CT molecular complexity index is 681. The first-order valence-electron chi connectivity index (χ1n) is 6.36. The van der Waals surface area contributed by atoms with Crippen molar-refractivity contribution in [1.29, 1.82) is 0 Å². The fraction of sp³-hybridized carbons (Fsp3) is 0.286. The van der Waals surface area contributed by atoms with Crippen LogP contribution in [-0.2, 0) is 6.54 Å². The van der Waals surface area contributed by atoms with E-state index in [2.05, 4.69) is 9.84 Å². The van der Waals surface area contributed by atoms with E-state index in [4.69, 9.17) is 4.74 Å². The molecule has 2 aromatic rings. The Morgan fingerprint density at radius 2 is 1.82 bits per heavy atom. The van der Waals surface area contributed by atoms with Crippen LogP contribution in [-0.4, -0.2) is 22.7 Å². The third-order valence-electron chi connectivity index (χ3n) is 2.64. The van der Waals surface area contributed by atoms with Crippen LogP contribution in [0.2, 0.25) is 0 Å². The van der Waals surface area contributed by atoms with Crippen molar-refractivity contribution in [3.8, 4) is 11.5 Å². The van der Waals surface area contributed by atoms with Gasteiger partial charge in [-0.3, -0.25) is 4.79 Å². The quantitative estimate of drug-likeness (QED) is 0.851. The molecule has 2 rings (SSSR count). The van der Waals surface area contributed by atoms with E-state index < -0.39 is 6.36 Å². The third kappa shape index (κ3) is 4.80. The van der Waals surface area contributed by atoms with Gasteiger partial charge in [-0.25, -0.2) is 4.68 Å². The lowest BCUT2D eigenvalue weighted by Gasteiger charge is -2.10. The molecule has 0 aliphatic rings. The fourth-order valence-corrected chi connectivity index (χ4v) is 1.68. The summed E-state index contributed by atoms with van der Waals surface area (Å²) < 4.78 is 46.4. The molecule has 8 heteroatoms. The van der Waals surface area contributed by atoms with Crippen LogP contribution >= 0.6 is 0 Å². The lowest BCUT2D eigenvalue weighted by Crippen LogP contribution is -2.25. The van der Waals surface area contributed by atoms with Crippen molar-refractivity contribution in [1.82, 2.24) is 9.78 Å². The number of aromatic nitrogens is 2. The minimum Gasteiger partial charge on any atom is -0.492 e. The van der Waals surface area contributed by atoms with Gasteiger partial charge in [0.25, 0.3) is 5.56 Å².